The number of nitrogens with zero attached hydrogens (tertiary/aromatic N) is 3. The number of amides is 1. The molecule has 1 aliphatic rings. The lowest BCUT2D eigenvalue weighted by atomic mass is 10.1. The molecule has 186 valence electrons. The molecule has 0 saturated heterocycles. The molecular weight excluding hydrogens is 460 g/mol. The van der Waals surface area contributed by atoms with Gasteiger partial charge in [0.05, 0.1) is 11.6 Å². The highest BCUT2D eigenvalue weighted by Gasteiger charge is 2.10. The summed E-state index contributed by atoms with van der Waals surface area (Å²) >= 11 is 0. The quantitative estimate of drug-likeness (QED) is 0.293. The second-order valence-electron chi connectivity index (χ2n) is 9.21. The van der Waals surface area contributed by atoms with Crippen molar-refractivity contribution in [2.24, 2.45) is 0 Å². The highest BCUT2D eigenvalue weighted by Crippen LogP contribution is 2.29. The molecule has 1 amide bonds. The number of aromatic nitrogens is 1. The molecule has 4 aromatic rings. The molecule has 5 rings (SSSR count). The zero-order valence-corrected chi connectivity index (χ0v) is 21.1. The van der Waals surface area contributed by atoms with E-state index in [4.69, 9.17) is 0 Å². The van der Waals surface area contributed by atoms with Gasteiger partial charge in [-0.25, -0.2) is 0 Å². The van der Waals surface area contributed by atoms with E-state index in [1.807, 2.05) is 99.1 Å². The minimum Gasteiger partial charge on any atom is -0.378 e. The van der Waals surface area contributed by atoms with Crippen LogP contribution in [0, 0.1) is 0 Å². The number of rotatable bonds is 7. The maximum absolute atomic E-state index is 12.9. The number of carbonyl (C=O) groups excluding carboxylic acids is 1. The fourth-order valence-corrected chi connectivity index (χ4v) is 4.13. The molecular formula is C30H30N6O. The molecule has 1 aromatic heterocycles. The van der Waals surface area contributed by atoms with Gasteiger partial charge in [0.1, 0.15) is 0 Å². The normalized spacial score (nSPS) is 13.0. The third kappa shape index (κ3) is 5.73. The van der Waals surface area contributed by atoms with E-state index >= 15 is 0 Å². The molecule has 3 N–H and O–H groups in total. The van der Waals surface area contributed by atoms with Crippen LogP contribution in [0.5, 0.6) is 0 Å². The number of carbonyl (C=O) groups is 1. The molecule has 0 bridgehead atoms. The molecule has 7 heteroatoms. The van der Waals surface area contributed by atoms with Crippen LogP contribution in [-0.2, 0) is 0 Å². The lowest BCUT2D eigenvalue weighted by Gasteiger charge is -2.19. The molecule has 37 heavy (non-hydrogen) atoms. The van der Waals surface area contributed by atoms with Gasteiger partial charge < -0.3 is 25.8 Å². The zero-order chi connectivity index (χ0) is 25.8. The van der Waals surface area contributed by atoms with Crippen LogP contribution in [0.3, 0.4) is 0 Å². The van der Waals surface area contributed by atoms with Crippen LogP contribution in [0.15, 0.2) is 104 Å². The average molecular weight is 491 g/mol. The molecule has 0 atom stereocenters. The van der Waals surface area contributed by atoms with Gasteiger partial charge in [0.25, 0.3) is 5.91 Å². The number of anilines is 5. The lowest BCUT2D eigenvalue weighted by Crippen LogP contribution is -2.20. The molecule has 0 radical (unpaired) electrons. The highest BCUT2D eigenvalue weighted by molar-refractivity contribution is 6.05. The monoisotopic (exact) mass is 490 g/mol. The Morgan fingerprint density at radius 1 is 0.892 bits per heavy atom. The van der Waals surface area contributed by atoms with Crippen LogP contribution < -0.4 is 20.9 Å². The van der Waals surface area contributed by atoms with Crippen molar-refractivity contribution in [3.63, 3.8) is 0 Å². The van der Waals surface area contributed by atoms with Crippen LogP contribution in [0.4, 0.5) is 28.4 Å². The second-order valence-corrected chi connectivity index (χ2v) is 9.21. The molecule has 0 aliphatic carbocycles. The summed E-state index contributed by atoms with van der Waals surface area (Å²) in [5.74, 6) is -0.157. The summed E-state index contributed by atoms with van der Waals surface area (Å²) in [6.07, 6.45) is 9.95. The van der Waals surface area contributed by atoms with Crippen LogP contribution in [0.2, 0.25) is 0 Å². The molecule has 2 heterocycles. The molecule has 0 spiro atoms. The third-order valence-corrected chi connectivity index (χ3v) is 6.18. The van der Waals surface area contributed by atoms with Crippen molar-refractivity contribution in [1.29, 1.82) is 0 Å². The van der Waals surface area contributed by atoms with Crippen LogP contribution in [-0.4, -0.2) is 43.0 Å². The van der Waals surface area contributed by atoms with Crippen molar-refractivity contribution in [2.45, 2.75) is 6.04 Å². The van der Waals surface area contributed by atoms with Crippen molar-refractivity contribution in [2.75, 3.05) is 42.0 Å². The first kappa shape index (κ1) is 23.9. The molecule has 0 fully saturated rings. The Morgan fingerprint density at radius 2 is 1.65 bits per heavy atom. The number of pyridine rings is 1. The Hall–Kier alpha value is -4.78. The summed E-state index contributed by atoms with van der Waals surface area (Å²) in [7, 11) is 6.03. The predicted molar refractivity (Wildman–Crippen MR) is 154 cm³/mol. The lowest BCUT2D eigenvalue weighted by molar-refractivity contribution is 0.102. The van der Waals surface area contributed by atoms with E-state index in [0.717, 1.165) is 39.3 Å². The van der Waals surface area contributed by atoms with Crippen molar-refractivity contribution in [3.8, 4) is 0 Å². The SMILES string of the molecule is CN1C=CC(Nc2cccc(C(=O)Nc3ccc(Nc4ccnc5ccc(N(C)C)cc45)cc3)c2)C=C1. The standard InChI is InChI=1S/C30H30N6O/c1-35(2)26-11-12-28-27(20-26)29(13-16-31-28)33-22-7-9-23(10-8-22)34-30(37)21-5-4-6-25(19-21)32-24-14-17-36(3)18-15-24/h4-20,24,32H,1-3H3,(H,31,33)(H,34,37). The first-order chi connectivity index (χ1) is 17.9. The number of benzene rings is 3. The van der Waals surface area contributed by atoms with E-state index in [-0.39, 0.29) is 11.9 Å². The highest BCUT2D eigenvalue weighted by atomic mass is 16.1. The fraction of sp³-hybridized carbons (Fsp3) is 0.133. The van der Waals surface area contributed by atoms with Gasteiger partial charge in [-0.3, -0.25) is 9.78 Å². The number of hydrogen-bond acceptors (Lipinski definition) is 6. The topological polar surface area (TPSA) is 72.5 Å². The van der Waals surface area contributed by atoms with E-state index in [9.17, 15) is 4.79 Å². The molecule has 7 nitrogen and oxygen atoms in total. The molecule has 1 aliphatic heterocycles. The smallest absolute Gasteiger partial charge is 0.255 e. The van der Waals surface area contributed by atoms with Gasteiger partial charge in [0.2, 0.25) is 0 Å². The van der Waals surface area contributed by atoms with Crippen molar-refractivity contribution >= 4 is 45.2 Å². The molecule has 3 aromatic carbocycles. The summed E-state index contributed by atoms with van der Waals surface area (Å²) in [6.45, 7) is 0. The van der Waals surface area contributed by atoms with Gasteiger partial charge in [0, 0.05) is 79.1 Å². The Bertz CT molecular complexity index is 1460. The summed E-state index contributed by atoms with van der Waals surface area (Å²) in [5.41, 5.74) is 6.14. The van der Waals surface area contributed by atoms with E-state index in [0.29, 0.717) is 5.56 Å². The molecule has 0 saturated carbocycles. The van der Waals surface area contributed by atoms with E-state index in [1.165, 1.54) is 0 Å². The molecule has 0 unspecified atom stereocenters. The summed E-state index contributed by atoms with van der Waals surface area (Å²) in [4.78, 5) is 21.5. The van der Waals surface area contributed by atoms with Crippen molar-refractivity contribution in [3.05, 3.63) is 109 Å². The van der Waals surface area contributed by atoms with E-state index in [1.54, 1.807) is 6.20 Å². The summed E-state index contributed by atoms with van der Waals surface area (Å²) < 4.78 is 0. The van der Waals surface area contributed by atoms with Crippen LogP contribution in [0.25, 0.3) is 10.9 Å². The van der Waals surface area contributed by atoms with Gasteiger partial charge >= 0.3 is 0 Å². The number of nitrogens with one attached hydrogen (secondary N) is 3. The minimum atomic E-state index is -0.157. The Kier molecular flexibility index (Phi) is 6.76. The van der Waals surface area contributed by atoms with Crippen LogP contribution >= 0.6 is 0 Å². The Morgan fingerprint density at radius 3 is 2.41 bits per heavy atom. The number of fused-ring (bicyclic) bond motifs is 1. The van der Waals surface area contributed by atoms with Gasteiger partial charge in [0.15, 0.2) is 0 Å². The largest absolute Gasteiger partial charge is 0.378 e. The van der Waals surface area contributed by atoms with E-state index < -0.39 is 0 Å². The van der Waals surface area contributed by atoms with Gasteiger partial charge in [-0.1, -0.05) is 6.07 Å². The fourth-order valence-electron chi connectivity index (χ4n) is 4.13. The predicted octanol–water partition coefficient (Wildman–Crippen LogP) is 6.05. The number of hydrogen-bond donors (Lipinski definition) is 3. The third-order valence-electron chi connectivity index (χ3n) is 6.18. The van der Waals surface area contributed by atoms with Gasteiger partial charge in [-0.05, 0) is 78.9 Å². The van der Waals surface area contributed by atoms with E-state index in [2.05, 4.69) is 50.1 Å². The Labute approximate surface area is 217 Å². The minimum absolute atomic E-state index is 0.0848. The van der Waals surface area contributed by atoms with Crippen molar-refractivity contribution in [1.82, 2.24) is 9.88 Å². The first-order valence-electron chi connectivity index (χ1n) is 12.1. The Balaban J connectivity index is 1.25. The first-order valence-corrected chi connectivity index (χ1v) is 12.1. The summed E-state index contributed by atoms with van der Waals surface area (Å²) in [6, 6.07) is 23.5. The average Bonchev–Trinajstić information content (AvgIpc) is 2.91. The second kappa shape index (κ2) is 10.5. The van der Waals surface area contributed by atoms with Gasteiger partial charge in [-0.15, -0.1) is 0 Å². The maximum atomic E-state index is 12.9. The maximum Gasteiger partial charge on any atom is 0.255 e. The van der Waals surface area contributed by atoms with Crippen LogP contribution in [0.1, 0.15) is 10.4 Å². The van der Waals surface area contributed by atoms with Gasteiger partial charge in [-0.2, -0.15) is 0 Å². The summed E-state index contributed by atoms with van der Waals surface area (Å²) in [5, 5.41) is 10.9. The van der Waals surface area contributed by atoms with Crippen molar-refractivity contribution < 1.29 is 4.79 Å². The zero-order valence-electron chi connectivity index (χ0n) is 21.1.